The van der Waals surface area contributed by atoms with Crippen molar-refractivity contribution in [1.29, 1.82) is 0 Å². The Morgan fingerprint density at radius 2 is 1.92 bits per heavy atom. The van der Waals surface area contributed by atoms with E-state index in [1.165, 1.54) is 47.4 Å². The van der Waals surface area contributed by atoms with Gasteiger partial charge in [-0.15, -0.1) is 0 Å². The van der Waals surface area contributed by atoms with Crippen LogP contribution in [0.3, 0.4) is 0 Å². The van der Waals surface area contributed by atoms with E-state index in [1.54, 1.807) is 0 Å². The van der Waals surface area contributed by atoms with Gasteiger partial charge < -0.3 is 0 Å². The average molecular weight is 281 g/mol. The molecule has 0 aliphatic carbocycles. The Labute approximate surface area is 92.6 Å². The molecule has 0 amide bonds. The summed E-state index contributed by atoms with van der Waals surface area (Å²) < 4.78 is 6.01. The molecule has 1 fully saturated rings. The van der Waals surface area contributed by atoms with Crippen molar-refractivity contribution < 1.29 is 4.74 Å². The van der Waals surface area contributed by atoms with Crippen LogP contribution < -0.4 is 0 Å². The summed E-state index contributed by atoms with van der Waals surface area (Å²) in [6, 6.07) is 10.7. The van der Waals surface area contributed by atoms with Crippen LogP contribution in [-0.2, 0) is 8.35 Å². The molecule has 0 bridgehead atoms. The van der Waals surface area contributed by atoms with Crippen molar-refractivity contribution in [3.63, 3.8) is 0 Å². The Morgan fingerprint density at radius 1 is 1.15 bits per heavy atom. The van der Waals surface area contributed by atoms with E-state index in [0.717, 1.165) is 6.61 Å². The van der Waals surface area contributed by atoms with Gasteiger partial charge in [-0.25, -0.2) is 0 Å². The van der Waals surface area contributed by atoms with Gasteiger partial charge in [0.1, 0.15) is 0 Å². The van der Waals surface area contributed by atoms with Crippen molar-refractivity contribution in [2.24, 2.45) is 0 Å². The van der Waals surface area contributed by atoms with Gasteiger partial charge >= 0.3 is 92.6 Å². The predicted molar refractivity (Wildman–Crippen MR) is 55.1 cm³/mol. The van der Waals surface area contributed by atoms with E-state index >= 15 is 0 Å². The standard InChI is InChI=1S/C11H13O.Sn.H/c1-2-6-10(7-3-1)11-8-4-5-9-12-11;;/h1-3,6-7H,4-5,8-9H2;;. The molecule has 13 heavy (non-hydrogen) atoms. The monoisotopic (exact) mass is 282 g/mol. The molecule has 1 nitrogen and oxygen atoms in total. The zero-order valence-electron chi connectivity index (χ0n) is 7.70. The van der Waals surface area contributed by atoms with Crippen LogP contribution in [0, 0.1) is 0 Å². The van der Waals surface area contributed by atoms with E-state index in [2.05, 4.69) is 30.3 Å². The summed E-state index contributed by atoms with van der Waals surface area (Å²) in [4.78, 5) is 0. The van der Waals surface area contributed by atoms with Gasteiger partial charge in [-0.2, -0.15) is 0 Å². The van der Waals surface area contributed by atoms with Crippen molar-refractivity contribution in [3.05, 3.63) is 35.9 Å². The predicted octanol–water partition coefficient (Wildman–Crippen LogP) is 1.94. The Balaban J connectivity index is 2.23. The maximum atomic E-state index is 5.91. The maximum absolute atomic E-state index is 5.91. The minimum atomic E-state index is 0.102. The molecule has 0 N–H and O–H groups in total. The number of ether oxygens (including phenoxy) is 1. The summed E-state index contributed by atoms with van der Waals surface area (Å²) in [5, 5.41) is 0. The second-order valence-corrected chi connectivity index (χ2v) is 6.22. The summed E-state index contributed by atoms with van der Waals surface area (Å²) in [6.45, 7) is 0.941. The number of rotatable bonds is 1. The summed E-state index contributed by atoms with van der Waals surface area (Å²) >= 11 is 1.17. The van der Waals surface area contributed by atoms with Crippen LogP contribution in [0.5, 0.6) is 0 Å². The van der Waals surface area contributed by atoms with E-state index < -0.39 is 0 Å². The molecule has 0 spiro atoms. The normalized spacial score (nSPS) is 28.7. The van der Waals surface area contributed by atoms with Crippen molar-refractivity contribution in [3.8, 4) is 0 Å². The van der Waals surface area contributed by atoms with Gasteiger partial charge in [0, 0.05) is 0 Å². The second kappa shape index (κ2) is 4.01. The van der Waals surface area contributed by atoms with Crippen LogP contribution in [0.1, 0.15) is 24.8 Å². The van der Waals surface area contributed by atoms with Crippen LogP contribution in [0.2, 0.25) is 0 Å². The zero-order valence-corrected chi connectivity index (χ0v) is 11.0. The van der Waals surface area contributed by atoms with E-state index in [9.17, 15) is 0 Å². The third-order valence-electron chi connectivity index (χ3n) is 2.56. The molecule has 2 heteroatoms. The molecule has 1 aromatic carbocycles. The van der Waals surface area contributed by atoms with Gasteiger partial charge in [0.05, 0.1) is 0 Å². The molecule has 1 aromatic rings. The van der Waals surface area contributed by atoms with Gasteiger partial charge in [0.2, 0.25) is 0 Å². The quantitative estimate of drug-likeness (QED) is 0.715. The molecule has 1 unspecified atom stereocenters. The first kappa shape index (κ1) is 9.53. The molecular formula is C11H14OSn. The Kier molecular flexibility index (Phi) is 2.94. The van der Waals surface area contributed by atoms with Crippen LogP contribution in [0.25, 0.3) is 0 Å². The second-order valence-electron chi connectivity index (χ2n) is 3.56. The molecule has 1 aliphatic rings. The molecule has 2 radical (unpaired) electrons. The summed E-state index contributed by atoms with van der Waals surface area (Å²) in [6.07, 6.45) is 3.75. The first-order chi connectivity index (χ1) is 6.31. The molecule has 1 atom stereocenters. The zero-order chi connectivity index (χ0) is 9.15. The fraction of sp³-hybridized carbons (Fsp3) is 0.455. The molecule has 1 aliphatic heterocycles. The van der Waals surface area contributed by atoms with Crippen LogP contribution in [0.15, 0.2) is 30.3 Å². The Hall–Kier alpha value is -0.0213. The van der Waals surface area contributed by atoms with Crippen LogP contribution in [-0.4, -0.2) is 29.1 Å². The van der Waals surface area contributed by atoms with Gasteiger partial charge in [-0.1, -0.05) is 0 Å². The van der Waals surface area contributed by atoms with Crippen LogP contribution >= 0.6 is 0 Å². The van der Waals surface area contributed by atoms with E-state index in [1.807, 2.05) is 0 Å². The summed E-state index contributed by atoms with van der Waals surface area (Å²) in [7, 11) is 0. The fourth-order valence-corrected chi connectivity index (χ4v) is 3.23. The third kappa shape index (κ3) is 2.07. The molecule has 68 valence electrons. The molecule has 2 rings (SSSR count). The third-order valence-corrected chi connectivity index (χ3v) is 4.82. The minimum absolute atomic E-state index is 0.102. The fourth-order valence-electron chi connectivity index (χ4n) is 1.76. The van der Waals surface area contributed by atoms with E-state index in [4.69, 9.17) is 4.74 Å². The van der Waals surface area contributed by atoms with Gasteiger partial charge in [-0.3, -0.25) is 0 Å². The number of hydrogen-bond donors (Lipinski definition) is 0. The van der Waals surface area contributed by atoms with Gasteiger partial charge in [-0.05, 0) is 0 Å². The molecule has 1 saturated heterocycles. The van der Waals surface area contributed by atoms with E-state index in [-0.39, 0.29) is 3.62 Å². The summed E-state index contributed by atoms with van der Waals surface area (Å²) in [5.41, 5.74) is 1.37. The molecule has 1 heterocycles. The SMILES string of the molecule is [SnH][C]1(c2ccccc2)CCCCO1. The molecule has 0 aromatic heterocycles. The Bertz CT molecular complexity index is 265. The Morgan fingerprint density at radius 3 is 2.54 bits per heavy atom. The van der Waals surface area contributed by atoms with E-state index in [0.29, 0.717) is 0 Å². The molecular weight excluding hydrogens is 267 g/mol. The molecule has 0 saturated carbocycles. The van der Waals surface area contributed by atoms with Crippen LogP contribution in [0.4, 0.5) is 0 Å². The average Bonchev–Trinajstić information content (AvgIpc) is 2.20. The van der Waals surface area contributed by atoms with Crippen molar-refractivity contribution in [1.82, 2.24) is 0 Å². The first-order valence-corrected chi connectivity index (χ1v) is 6.44. The summed E-state index contributed by atoms with van der Waals surface area (Å²) in [5.74, 6) is 0. The topological polar surface area (TPSA) is 9.23 Å². The number of hydrogen-bond acceptors (Lipinski definition) is 1. The van der Waals surface area contributed by atoms with Crippen molar-refractivity contribution in [2.75, 3.05) is 6.61 Å². The van der Waals surface area contributed by atoms with Gasteiger partial charge in [0.15, 0.2) is 0 Å². The van der Waals surface area contributed by atoms with Gasteiger partial charge in [0.25, 0.3) is 0 Å². The first-order valence-electron chi connectivity index (χ1n) is 4.80. The van der Waals surface area contributed by atoms with Crippen molar-refractivity contribution >= 4 is 22.5 Å². The number of benzene rings is 1. The van der Waals surface area contributed by atoms with Crippen molar-refractivity contribution in [2.45, 2.75) is 22.9 Å².